The summed E-state index contributed by atoms with van der Waals surface area (Å²) in [5, 5.41) is 3.44. The molecule has 4 nitrogen and oxygen atoms in total. The van der Waals surface area contributed by atoms with Crippen LogP contribution in [0.15, 0.2) is 24.4 Å². The third-order valence-electron chi connectivity index (χ3n) is 4.66. The first-order valence-corrected chi connectivity index (χ1v) is 8.10. The van der Waals surface area contributed by atoms with Gasteiger partial charge in [0.05, 0.1) is 24.9 Å². The zero-order chi connectivity index (χ0) is 14.9. The van der Waals surface area contributed by atoms with E-state index in [1.165, 1.54) is 36.0 Å². The van der Waals surface area contributed by atoms with Gasteiger partial charge < -0.3 is 10.1 Å². The Kier molecular flexibility index (Phi) is 3.54. The van der Waals surface area contributed by atoms with E-state index >= 15 is 0 Å². The van der Waals surface area contributed by atoms with Crippen molar-refractivity contribution in [2.24, 2.45) is 0 Å². The van der Waals surface area contributed by atoms with Gasteiger partial charge in [0.25, 0.3) is 0 Å². The second-order valence-corrected chi connectivity index (χ2v) is 6.22. The highest BCUT2D eigenvalue weighted by Gasteiger charge is 2.16. The van der Waals surface area contributed by atoms with Crippen LogP contribution in [-0.2, 0) is 30.6 Å². The molecule has 1 atom stereocenters. The van der Waals surface area contributed by atoms with Crippen LogP contribution < -0.4 is 5.32 Å². The molecular weight excluding hydrogens is 274 g/mol. The predicted molar refractivity (Wildman–Crippen MR) is 85.9 cm³/mol. The molecule has 1 aliphatic carbocycles. The average Bonchev–Trinajstić information content (AvgIpc) is 3.02. The quantitative estimate of drug-likeness (QED) is 0.944. The molecule has 1 N–H and O–H groups in total. The standard InChI is InChI=1S/C18H21N3O/c1-12(14-6-5-13-3-2-4-15(13)9-14)20-18-19-10-16-11-22-8-7-17(16)21-18/h5-6,9-10,12H,2-4,7-8,11H2,1H3,(H,19,20,21). The Morgan fingerprint density at radius 2 is 2.05 bits per heavy atom. The smallest absolute Gasteiger partial charge is 0.223 e. The van der Waals surface area contributed by atoms with E-state index in [9.17, 15) is 0 Å². The van der Waals surface area contributed by atoms with Crippen LogP contribution in [0.4, 0.5) is 5.95 Å². The van der Waals surface area contributed by atoms with E-state index in [-0.39, 0.29) is 6.04 Å². The number of benzene rings is 1. The normalized spacial score (nSPS) is 17.7. The number of aromatic nitrogens is 2. The number of hydrogen-bond acceptors (Lipinski definition) is 4. The van der Waals surface area contributed by atoms with E-state index in [1.807, 2.05) is 6.20 Å². The molecule has 22 heavy (non-hydrogen) atoms. The summed E-state index contributed by atoms with van der Waals surface area (Å²) >= 11 is 0. The predicted octanol–water partition coefficient (Wildman–Crippen LogP) is 3.21. The van der Waals surface area contributed by atoms with Gasteiger partial charge in [0.2, 0.25) is 5.95 Å². The van der Waals surface area contributed by atoms with E-state index in [4.69, 9.17) is 4.74 Å². The molecular formula is C18H21N3O. The van der Waals surface area contributed by atoms with E-state index in [0.717, 1.165) is 24.3 Å². The third-order valence-corrected chi connectivity index (χ3v) is 4.66. The van der Waals surface area contributed by atoms with E-state index in [1.54, 1.807) is 0 Å². The van der Waals surface area contributed by atoms with Gasteiger partial charge in [0, 0.05) is 18.2 Å². The average molecular weight is 295 g/mol. The van der Waals surface area contributed by atoms with Gasteiger partial charge in [-0.2, -0.15) is 0 Å². The van der Waals surface area contributed by atoms with Crippen molar-refractivity contribution in [2.75, 3.05) is 11.9 Å². The summed E-state index contributed by atoms with van der Waals surface area (Å²) in [7, 11) is 0. The lowest BCUT2D eigenvalue weighted by Crippen LogP contribution is -2.16. The molecule has 0 saturated carbocycles. The first-order valence-electron chi connectivity index (χ1n) is 8.10. The molecule has 2 aromatic rings. The number of nitrogens with one attached hydrogen (secondary N) is 1. The first kappa shape index (κ1) is 13.7. The van der Waals surface area contributed by atoms with Crippen LogP contribution in [0.25, 0.3) is 0 Å². The molecule has 0 radical (unpaired) electrons. The zero-order valence-corrected chi connectivity index (χ0v) is 12.9. The van der Waals surface area contributed by atoms with E-state index in [2.05, 4.69) is 40.4 Å². The van der Waals surface area contributed by atoms with Crippen LogP contribution >= 0.6 is 0 Å². The minimum Gasteiger partial charge on any atom is -0.376 e. The van der Waals surface area contributed by atoms with Gasteiger partial charge in [-0.3, -0.25) is 0 Å². The maximum atomic E-state index is 5.43. The lowest BCUT2D eigenvalue weighted by Gasteiger charge is -2.19. The number of hydrogen-bond donors (Lipinski definition) is 1. The second-order valence-electron chi connectivity index (χ2n) is 6.22. The summed E-state index contributed by atoms with van der Waals surface area (Å²) in [6.45, 7) is 3.56. The van der Waals surface area contributed by atoms with Crippen molar-refractivity contribution in [1.82, 2.24) is 9.97 Å². The maximum Gasteiger partial charge on any atom is 0.223 e. The molecule has 1 aliphatic heterocycles. The SMILES string of the molecule is CC(Nc1ncc2c(n1)CCOC2)c1ccc2c(c1)CCC2. The Morgan fingerprint density at radius 1 is 1.14 bits per heavy atom. The van der Waals surface area contributed by atoms with Crippen molar-refractivity contribution >= 4 is 5.95 Å². The Bertz CT molecular complexity index is 699. The van der Waals surface area contributed by atoms with Gasteiger partial charge in [-0.15, -0.1) is 0 Å². The third kappa shape index (κ3) is 2.59. The molecule has 0 spiro atoms. The lowest BCUT2D eigenvalue weighted by atomic mass is 10.0. The number of anilines is 1. The van der Waals surface area contributed by atoms with Crippen LogP contribution in [0.3, 0.4) is 0 Å². The van der Waals surface area contributed by atoms with Crippen molar-refractivity contribution in [3.63, 3.8) is 0 Å². The van der Waals surface area contributed by atoms with Crippen LogP contribution in [0, 0.1) is 0 Å². The van der Waals surface area contributed by atoms with Crippen molar-refractivity contribution < 1.29 is 4.74 Å². The van der Waals surface area contributed by atoms with Gasteiger partial charge in [-0.05, 0) is 42.9 Å². The number of fused-ring (bicyclic) bond motifs is 2. The minimum atomic E-state index is 0.212. The Morgan fingerprint density at radius 3 is 3.00 bits per heavy atom. The molecule has 2 aliphatic rings. The summed E-state index contributed by atoms with van der Waals surface area (Å²) in [6, 6.07) is 7.06. The van der Waals surface area contributed by atoms with Gasteiger partial charge in [-0.25, -0.2) is 9.97 Å². The van der Waals surface area contributed by atoms with Crippen molar-refractivity contribution in [2.45, 2.75) is 45.3 Å². The van der Waals surface area contributed by atoms with Gasteiger partial charge in [0.15, 0.2) is 0 Å². The number of nitrogens with zero attached hydrogens (tertiary/aromatic N) is 2. The fraction of sp³-hybridized carbons (Fsp3) is 0.444. The molecule has 2 heterocycles. The van der Waals surface area contributed by atoms with Crippen LogP contribution in [0.2, 0.25) is 0 Å². The minimum absolute atomic E-state index is 0.212. The summed E-state index contributed by atoms with van der Waals surface area (Å²) in [6.07, 6.45) is 6.49. The van der Waals surface area contributed by atoms with Crippen LogP contribution in [0.1, 0.15) is 47.3 Å². The number of rotatable bonds is 3. The second kappa shape index (κ2) is 5.69. The number of aryl methyl sites for hydroxylation is 2. The molecule has 0 bridgehead atoms. The van der Waals surface area contributed by atoms with Crippen molar-refractivity contribution in [3.05, 3.63) is 52.3 Å². The lowest BCUT2D eigenvalue weighted by molar-refractivity contribution is 0.109. The Labute approximate surface area is 130 Å². The molecule has 1 aromatic heterocycles. The molecule has 1 unspecified atom stereocenters. The topological polar surface area (TPSA) is 47.0 Å². The molecule has 0 saturated heterocycles. The largest absolute Gasteiger partial charge is 0.376 e. The molecule has 0 amide bonds. The highest BCUT2D eigenvalue weighted by molar-refractivity contribution is 5.40. The van der Waals surface area contributed by atoms with Crippen molar-refractivity contribution in [1.29, 1.82) is 0 Å². The first-order chi connectivity index (χ1) is 10.8. The van der Waals surface area contributed by atoms with Crippen LogP contribution in [0.5, 0.6) is 0 Å². The van der Waals surface area contributed by atoms with Gasteiger partial charge >= 0.3 is 0 Å². The zero-order valence-electron chi connectivity index (χ0n) is 12.9. The fourth-order valence-corrected chi connectivity index (χ4v) is 3.34. The summed E-state index contributed by atoms with van der Waals surface area (Å²) < 4.78 is 5.43. The van der Waals surface area contributed by atoms with Gasteiger partial charge in [-0.1, -0.05) is 18.2 Å². The number of ether oxygens (including phenoxy) is 1. The summed E-state index contributed by atoms with van der Waals surface area (Å²) in [4.78, 5) is 9.08. The maximum absolute atomic E-state index is 5.43. The fourth-order valence-electron chi connectivity index (χ4n) is 3.34. The molecule has 1 aromatic carbocycles. The van der Waals surface area contributed by atoms with Crippen molar-refractivity contribution in [3.8, 4) is 0 Å². The molecule has 114 valence electrons. The van der Waals surface area contributed by atoms with Crippen LogP contribution in [-0.4, -0.2) is 16.6 Å². The molecule has 4 rings (SSSR count). The monoisotopic (exact) mass is 295 g/mol. The highest BCUT2D eigenvalue weighted by Crippen LogP contribution is 2.26. The Balaban J connectivity index is 1.53. The molecule has 4 heteroatoms. The van der Waals surface area contributed by atoms with E-state index < -0.39 is 0 Å². The van der Waals surface area contributed by atoms with Gasteiger partial charge in [0.1, 0.15) is 0 Å². The summed E-state index contributed by atoms with van der Waals surface area (Å²) in [5.74, 6) is 0.716. The summed E-state index contributed by atoms with van der Waals surface area (Å²) in [5.41, 5.74) is 6.56. The molecule has 0 fully saturated rings. The Hall–Kier alpha value is -1.94. The van der Waals surface area contributed by atoms with E-state index in [0.29, 0.717) is 12.6 Å². The highest BCUT2D eigenvalue weighted by atomic mass is 16.5.